The number of ether oxygens (including phenoxy) is 1. The zero-order valence-electron chi connectivity index (χ0n) is 23.8. The number of para-hydroxylation sites is 3. The van der Waals surface area contributed by atoms with E-state index in [1.54, 1.807) is 0 Å². The maximum atomic E-state index is 6.62. The zero-order chi connectivity index (χ0) is 28.4. The normalized spacial score (nSPS) is 12.2. The smallest absolute Gasteiger partial charge is 0.146 e. The number of hydrogen-bond acceptors (Lipinski definition) is 3. The predicted octanol–water partition coefficient (Wildman–Crippen LogP) is 10.1. The summed E-state index contributed by atoms with van der Waals surface area (Å²) in [5, 5.41) is 5.67. The summed E-state index contributed by atoms with van der Waals surface area (Å²) in [5.41, 5.74) is 7.43. The standard InChI is InChI=1S/C38H29N3O/c1-38(2,3)25-18-19-39-34(21-25)31-23-27(20-24-10-4-5-11-28(24)31)42-26-16-17-29-30-12-6-8-14-35(30)41-36-15-9-7-13-33(36)40-37(41)32(29)22-26/h4-23H,1-3H3. The second-order valence-corrected chi connectivity index (χ2v) is 12.0. The van der Waals surface area contributed by atoms with Gasteiger partial charge in [-0.3, -0.25) is 9.38 Å². The fraction of sp³-hybridized carbons (Fsp3) is 0.105. The van der Waals surface area contributed by atoms with Gasteiger partial charge in [-0.25, -0.2) is 4.98 Å². The Morgan fingerprint density at radius 2 is 1.38 bits per heavy atom. The summed E-state index contributed by atoms with van der Waals surface area (Å²) in [6.07, 6.45) is 1.91. The van der Waals surface area contributed by atoms with Gasteiger partial charge in [-0.1, -0.05) is 75.4 Å². The second kappa shape index (κ2) is 9.15. The molecule has 0 bridgehead atoms. The quantitative estimate of drug-likeness (QED) is 0.208. The Hall–Kier alpha value is -5.22. The van der Waals surface area contributed by atoms with Crippen molar-refractivity contribution >= 4 is 49.1 Å². The van der Waals surface area contributed by atoms with Gasteiger partial charge in [0.1, 0.15) is 17.1 Å². The highest BCUT2D eigenvalue weighted by Gasteiger charge is 2.17. The van der Waals surface area contributed by atoms with Crippen LogP contribution in [0.3, 0.4) is 0 Å². The number of pyridine rings is 2. The Kier molecular flexibility index (Phi) is 5.35. The molecule has 0 amide bonds. The summed E-state index contributed by atoms with van der Waals surface area (Å²) in [5.74, 6) is 1.54. The van der Waals surface area contributed by atoms with Crippen molar-refractivity contribution in [3.05, 3.63) is 127 Å². The first kappa shape index (κ1) is 24.6. The molecule has 0 atom stereocenters. The third-order valence-corrected chi connectivity index (χ3v) is 8.20. The molecule has 202 valence electrons. The van der Waals surface area contributed by atoms with Gasteiger partial charge in [0, 0.05) is 22.5 Å². The number of benzene rings is 5. The third kappa shape index (κ3) is 3.91. The lowest BCUT2D eigenvalue weighted by molar-refractivity contribution is 0.484. The molecular formula is C38H29N3O. The molecule has 42 heavy (non-hydrogen) atoms. The number of nitrogens with zero attached hydrogens (tertiary/aromatic N) is 3. The highest BCUT2D eigenvalue weighted by atomic mass is 16.5. The van der Waals surface area contributed by atoms with Crippen molar-refractivity contribution in [2.24, 2.45) is 0 Å². The van der Waals surface area contributed by atoms with E-state index in [-0.39, 0.29) is 5.41 Å². The molecule has 0 N–H and O–H groups in total. The molecule has 0 radical (unpaired) electrons. The van der Waals surface area contributed by atoms with E-state index in [1.807, 2.05) is 12.3 Å². The molecule has 8 aromatic rings. The minimum Gasteiger partial charge on any atom is -0.457 e. The van der Waals surface area contributed by atoms with Gasteiger partial charge in [0.05, 0.1) is 22.2 Å². The number of aromatic nitrogens is 3. The Morgan fingerprint density at radius 1 is 0.619 bits per heavy atom. The zero-order valence-corrected chi connectivity index (χ0v) is 23.8. The summed E-state index contributed by atoms with van der Waals surface area (Å²) < 4.78 is 8.89. The molecule has 4 nitrogen and oxygen atoms in total. The van der Waals surface area contributed by atoms with Crippen LogP contribution in [-0.4, -0.2) is 14.4 Å². The van der Waals surface area contributed by atoms with Gasteiger partial charge < -0.3 is 4.74 Å². The second-order valence-electron chi connectivity index (χ2n) is 12.0. The average molecular weight is 544 g/mol. The lowest BCUT2D eigenvalue weighted by Crippen LogP contribution is -2.11. The van der Waals surface area contributed by atoms with Gasteiger partial charge in [0.25, 0.3) is 0 Å². The number of hydrogen-bond donors (Lipinski definition) is 0. The van der Waals surface area contributed by atoms with E-state index in [0.717, 1.165) is 66.5 Å². The molecule has 0 unspecified atom stereocenters. The van der Waals surface area contributed by atoms with Crippen LogP contribution in [0.25, 0.3) is 60.4 Å². The number of imidazole rings is 1. The van der Waals surface area contributed by atoms with E-state index >= 15 is 0 Å². The van der Waals surface area contributed by atoms with Crippen molar-refractivity contribution in [2.45, 2.75) is 26.2 Å². The van der Waals surface area contributed by atoms with Crippen LogP contribution in [0.15, 0.2) is 121 Å². The average Bonchev–Trinajstić information content (AvgIpc) is 3.41. The molecule has 0 spiro atoms. The van der Waals surface area contributed by atoms with E-state index in [0.29, 0.717) is 0 Å². The monoisotopic (exact) mass is 543 g/mol. The SMILES string of the molecule is CC(C)(C)c1ccnc(-c2cc(Oc3ccc4c5ccccc5n5c6ccccc6nc5c4c3)cc3ccccc23)c1. The molecule has 4 heteroatoms. The molecular weight excluding hydrogens is 514 g/mol. The van der Waals surface area contributed by atoms with Crippen LogP contribution in [0, 0.1) is 0 Å². The predicted molar refractivity (Wildman–Crippen MR) is 174 cm³/mol. The lowest BCUT2D eigenvalue weighted by atomic mass is 9.86. The van der Waals surface area contributed by atoms with Crippen LogP contribution in [-0.2, 0) is 5.41 Å². The van der Waals surface area contributed by atoms with Gasteiger partial charge in [-0.05, 0) is 87.8 Å². The molecule has 0 fully saturated rings. The van der Waals surface area contributed by atoms with Crippen LogP contribution in [0.1, 0.15) is 26.3 Å². The van der Waals surface area contributed by atoms with Crippen LogP contribution >= 0.6 is 0 Å². The molecule has 0 saturated heterocycles. The molecule has 5 aromatic carbocycles. The molecule has 0 aliphatic carbocycles. The molecule has 0 aliphatic rings. The Bertz CT molecular complexity index is 2320. The number of fused-ring (bicyclic) bond motifs is 9. The fourth-order valence-corrected chi connectivity index (χ4v) is 6.09. The van der Waals surface area contributed by atoms with Crippen molar-refractivity contribution in [3.8, 4) is 22.8 Å². The molecule has 0 aliphatic heterocycles. The van der Waals surface area contributed by atoms with Gasteiger partial charge in [-0.2, -0.15) is 0 Å². The fourth-order valence-electron chi connectivity index (χ4n) is 6.09. The van der Waals surface area contributed by atoms with E-state index in [1.165, 1.54) is 10.9 Å². The minimum absolute atomic E-state index is 0.0276. The first-order valence-corrected chi connectivity index (χ1v) is 14.3. The molecule has 0 saturated carbocycles. The highest BCUT2D eigenvalue weighted by molar-refractivity contribution is 6.14. The Labute approximate surface area is 243 Å². The van der Waals surface area contributed by atoms with Crippen molar-refractivity contribution in [3.63, 3.8) is 0 Å². The van der Waals surface area contributed by atoms with Gasteiger partial charge in [-0.15, -0.1) is 0 Å². The summed E-state index contributed by atoms with van der Waals surface area (Å²) in [4.78, 5) is 9.84. The van der Waals surface area contributed by atoms with Crippen LogP contribution < -0.4 is 4.74 Å². The molecule has 3 aromatic heterocycles. The van der Waals surface area contributed by atoms with E-state index in [4.69, 9.17) is 14.7 Å². The maximum Gasteiger partial charge on any atom is 0.146 e. The summed E-state index contributed by atoms with van der Waals surface area (Å²) >= 11 is 0. The lowest BCUT2D eigenvalue weighted by Gasteiger charge is -2.20. The van der Waals surface area contributed by atoms with Crippen molar-refractivity contribution < 1.29 is 4.74 Å². The van der Waals surface area contributed by atoms with Gasteiger partial charge >= 0.3 is 0 Å². The van der Waals surface area contributed by atoms with Gasteiger partial charge in [0.2, 0.25) is 0 Å². The summed E-state index contributed by atoms with van der Waals surface area (Å²) in [6, 6.07) is 40.1. The van der Waals surface area contributed by atoms with Crippen molar-refractivity contribution in [2.75, 3.05) is 0 Å². The maximum absolute atomic E-state index is 6.62. The summed E-state index contributed by atoms with van der Waals surface area (Å²) in [6.45, 7) is 6.69. The number of rotatable bonds is 3. The topological polar surface area (TPSA) is 39.4 Å². The van der Waals surface area contributed by atoms with Gasteiger partial charge in [0.15, 0.2) is 0 Å². The highest BCUT2D eigenvalue weighted by Crippen LogP contribution is 2.38. The Balaban J connectivity index is 1.31. The van der Waals surface area contributed by atoms with E-state index < -0.39 is 0 Å². The van der Waals surface area contributed by atoms with Crippen LogP contribution in [0.4, 0.5) is 0 Å². The van der Waals surface area contributed by atoms with Crippen molar-refractivity contribution in [1.29, 1.82) is 0 Å². The van der Waals surface area contributed by atoms with E-state index in [9.17, 15) is 0 Å². The molecule has 3 heterocycles. The first-order chi connectivity index (χ1) is 20.4. The Morgan fingerprint density at radius 3 is 2.24 bits per heavy atom. The van der Waals surface area contributed by atoms with Crippen molar-refractivity contribution in [1.82, 2.24) is 14.4 Å². The largest absolute Gasteiger partial charge is 0.457 e. The summed E-state index contributed by atoms with van der Waals surface area (Å²) in [7, 11) is 0. The van der Waals surface area contributed by atoms with E-state index in [2.05, 4.69) is 134 Å². The van der Waals surface area contributed by atoms with Crippen LogP contribution in [0.2, 0.25) is 0 Å². The molecule has 8 rings (SSSR count). The minimum atomic E-state index is 0.0276. The first-order valence-electron chi connectivity index (χ1n) is 14.3. The van der Waals surface area contributed by atoms with Crippen LogP contribution in [0.5, 0.6) is 11.5 Å². The third-order valence-electron chi connectivity index (χ3n) is 8.20.